The van der Waals surface area contributed by atoms with E-state index in [1.807, 2.05) is 18.7 Å². The molecule has 2 N–H and O–H groups in total. The summed E-state index contributed by atoms with van der Waals surface area (Å²) in [5.41, 5.74) is 2.26. The van der Waals surface area contributed by atoms with Crippen LogP contribution in [0.15, 0.2) is 18.2 Å². The Morgan fingerprint density at radius 2 is 2.16 bits per heavy atom. The van der Waals surface area contributed by atoms with Crippen LogP contribution in [0.25, 0.3) is 0 Å². The molecule has 2 aliphatic rings. The van der Waals surface area contributed by atoms with Gasteiger partial charge < -0.3 is 14.4 Å². The van der Waals surface area contributed by atoms with Crippen molar-refractivity contribution < 1.29 is 24.3 Å². The van der Waals surface area contributed by atoms with Gasteiger partial charge in [-0.15, -0.1) is 0 Å². The number of hydrogen-bond acceptors (Lipinski definition) is 5. The van der Waals surface area contributed by atoms with Gasteiger partial charge in [0.2, 0.25) is 5.91 Å². The zero-order valence-corrected chi connectivity index (χ0v) is 14.6. The molecule has 2 heterocycles. The summed E-state index contributed by atoms with van der Waals surface area (Å²) in [4.78, 5) is 26.6. The molecule has 7 heteroatoms. The van der Waals surface area contributed by atoms with Crippen molar-refractivity contribution in [2.24, 2.45) is 5.41 Å². The fraction of sp³-hybridized carbons (Fsp3) is 0.556. The summed E-state index contributed by atoms with van der Waals surface area (Å²) in [6, 6.07) is 4.81. The predicted octanol–water partition coefficient (Wildman–Crippen LogP) is 1.90. The SMILES string of the molecule is C[C@H]1c2ccc(C(=O)NO)cc2OCCN1C(=O)[C@@]1(C)CCCOC1. The fourth-order valence-electron chi connectivity index (χ4n) is 3.55. The molecule has 1 saturated heterocycles. The van der Waals surface area contributed by atoms with Crippen LogP contribution in [0.1, 0.15) is 48.7 Å². The van der Waals surface area contributed by atoms with E-state index >= 15 is 0 Å². The van der Waals surface area contributed by atoms with Crippen LogP contribution in [-0.4, -0.2) is 48.3 Å². The molecule has 2 atom stereocenters. The predicted molar refractivity (Wildman–Crippen MR) is 89.5 cm³/mol. The maximum atomic E-state index is 13.2. The van der Waals surface area contributed by atoms with Gasteiger partial charge in [0.1, 0.15) is 12.4 Å². The first-order chi connectivity index (χ1) is 12.0. The van der Waals surface area contributed by atoms with Crippen molar-refractivity contribution in [2.45, 2.75) is 32.7 Å². The third-order valence-electron chi connectivity index (χ3n) is 5.10. The largest absolute Gasteiger partial charge is 0.491 e. The van der Waals surface area contributed by atoms with Gasteiger partial charge >= 0.3 is 0 Å². The summed E-state index contributed by atoms with van der Waals surface area (Å²) in [6.45, 7) is 5.90. The molecule has 0 bridgehead atoms. The molecule has 25 heavy (non-hydrogen) atoms. The summed E-state index contributed by atoms with van der Waals surface area (Å²) in [5, 5.41) is 8.78. The molecule has 0 spiro atoms. The number of benzene rings is 1. The summed E-state index contributed by atoms with van der Waals surface area (Å²) >= 11 is 0. The Hall–Kier alpha value is -2.12. The van der Waals surface area contributed by atoms with Crippen LogP contribution in [0.3, 0.4) is 0 Å². The third kappa shape index (κ3) is 3.34. The lowest BCUT2D eigenvalue weighted by atomic mass is 9.82. The van der Waals surface area contributed by atoms with Crippen molar-refractivity contribution in [3.8, 4) is 5.75 Å². The first-order valence-electron chi connectivity index (χ1n) is 8.56. The molecule has 136 valence electrons. The fourth-order valence-corrected chi connectivity index (χ4v) is 3.55. The number of carbonyl (C=O) groups excluding carboxylic acids is 2. The second-order valence-electron chi connectivity index (χ2n) is 6.93. The number of ether oxygens (including phenoxy) is 2. The van der Waals surface area contributed by atoms with Crippen molar-refractivity contribution in [1.82, 2.24) is 10.4 Å². The number of hydrogen-bond donors (Lipinski definition) is 2. The molecule has 2 aliphatic heterocycles. The van der Waals surface area contributed by atoms with Gasteiger partial charge in [0.25, 0.3) is 5.91 Å². The van der Waals surface area contributed by atoms with Crippen LogP contribution < -0.4 is 10.2 Å². The Bertz CT molecular complexity index is 669. The van der Waals surface area contributed by atoms with E-state index in [1.54, 1.807) is 23.7 Å². The summed E-state index contributed by atoms with van der Waals surface area (Å²) in [5.74, 6) is 0.0466. The van der Waals surface area contributed by atoms with Crippen molar-refractivity contribution >= 4 is 11.8 Å². The third-order valence-corrected chi connectivity index (χ3v) is 5.10. The van der Waals surface area contributed by atoms with Crippen molar-refractivity contribution in [2.75, 3.05) is 26.4 Å². The summed E-state index contributed by atoms with van der Waals surface area (Å²) < 4.78 is 11.3. The van der Waals surface area contributed by atoms with Gasteiger partial charge in [-0.2, -0.15) is 0 Å². The first-order valence-corrected chi connectivity index (χ1v) is 8.56. The standard InChI is InChI=1S/C18H24N2O5/c1-12-14-5-4-13(16(21)19-23)10-15(14)25-9-7-20(12)17(22)18(2)6-3-8-24-11-18/h4-5,10,12,23H,3,6-9,11H2,1-2H3,(H,19,21)/t12-,18-/m0/s1. The Kier molecular flexibility index (Phi) is 4.96. The van der Waals surface area contributed by atoms with Gasteiger partial charge in [0, 0.05) is 17.7 Å². The zero-order chi connectivity index (χ0) is 18.0. The first kappa shape index (κ1) is 17.7. The normalized spacial score (nSPS) is 26.2. The molecule has 0 aliphatic carbocycles. The molecule has 2 amide bonds. The van der Waals surface area contributed by atoms with E-state index < -0.39 is 11.3 Å². The maximum absolute atomic E-state index is 13.2. The molecule has 7 nitrogen and oxygen atoms in total. The highest BCUT2D eigenvalue weighted by molar-refractivity contribution is 5.94. The highest BCUT2D eigenvalue weighted by atomic mass is 16.5. The Labute approximate surface area is 146 Å². The number of hydroxylamine groups is 1. The molecule has 1 aromatic carbocycles. The molecular formula is C18H24N2O5. The number of rotatable bonds is 2. The van der Waals surface area contributed by atoms with Gasteiger partial charge in [0.05, 0.1) is 24.6 Å². The molecule has 0 aromatic heterocycles. The maximum Gasteiger partial charge on any atom is 0.274 e. The van der Waals surface area contributed by atoms with Crippen LogP contribution >= 0.6 is 0 Å². The molecule has 1 aromatic rings. The lowest BCUT2D eigenvalue weighted by Crippen LogP contribution is -2.48. The number of nitrogens with one attached hydrogen (secondary N) is 1. The number of carbonyl (C=O) groups is 2. The minimum absolute atomic E-state index is 0.0772. The Morgan fingerprint density at radius 1 is 1.36 bits per heavy atom. The topological polar surface area (TPSA) is 88.1 Å². The van der Waals surface area contributed by atoms with E-state index in [-0.39, 0.29) is 11.9 Å². The molecule has 1 fully saturated rings. The highest BCUT2D eigenvalue weighted by Gasteiger charge is 2.41. The zero-order valence-electron chi connectivity index (χ0n) is 14.6. The quantitative estimate of drug-likeness (QED) is 0.630. The van der Waals surface area contributed by atoms with E-state index in [2.05, 4.69) is 0 Å². The Morgan fingerprint density at radius 3 is 2.84 bits per heavy atom. The van der Waals surface area contributed by atoms with Crippen molar-refractivity contribution in [3.05, 3.63) is 29.3 Å². The number of nitrogens with zero attached hydrogens (tertiary/aromatic N) is 1. The van der Waals surface area contributed by atoms with Crippen LogP contribution in [0.2, 0.25) is 0 Å². The lowest BCUT2D eigenvalue weighted by Gasteiger charge is -2.38. The lowest BCUT2D eigenvalue weighted by molar-refractivity contribution is -0.151. The molecule has 0 radical (unpaired) electrons. The Balaban J connectivity index is 1.87. The minimum Gasteiger partial charge on any atom is -0.491 e. The number of fused-ring (bicyclic) bond motifs is 1. The average Bonchev–Trinajstić information content (AvgIpc) is 2.79. The van der Waals surface area contributed by atoms with Gasteiger partial charge in [-0.3, -0.25) is 14.8 Å². The smallest absolute Gasteiger partial charge is 0.274 e. The molecular weight excluding hydrogens is 324 g/mol. The van der Waals surface area contributed by atoms with E-state index in [0.29, 0.717) is 37.7 Å². The van der Waals surface area contributed by atoms with E-state index in [4.69, 9.17) is 14.7 Å². The van der Waals surface area contributed by atoms with E-state index in [9.17, 15) is 9.59 Å². The second-order valence-corrected chi connectivity index (χ2v) is 6.93. The van der Waals surface area contributed by atoms with Gasteiger partial charge in [-0.25, -0.2) is 5.48 Å². The number of amides is 2. The van der Waals surface area contributed by atoms with Crippen molar-refractivity contribution in [3.63, 3.8) is 0 Å². The summed E-state index contributed by atoms with van der Waals surface area (Å²) in [7, 11) is 0. The average molecular weight is 348 g/mol. The van der Waals surface area contributed by atoms with Gasteiger partial charge in [0.15, 0.2) is 0 Å². The van der Waals surface area contributed by atoms with E-state index in [1.165, 1.54) is 0 Å². The summed E-state index contributed by atoms with van der Waals surface area (Å²) in [6.07, 6.45) is 1.70. The van der Waals surface area contributed by atoms with Crippen LogP contribution in [0.4, 0.5) is 0 Å². The molecule has 0 saturated carbocycles. The van der Waals surface area contributed by atoms with Crippen LogP contribution in [0, 0.1) is 5.41 Å². The molecule has 3 rings (SSSR count). The minimum atomic E-state index is -0.594. The monoisotopic (exact) mass is 348 g/mol. The van der Waals surface area contributed by atoms with Crippen LogP contribution in [-0.2, 0) is 9.53 Å². The highest BCUT2D eigenvalue weighted by Crippen LogP contribution is 2.37. The van der Waals surface area contributed by atoms with Gasteiger partial charge in [-0.1, -0.05) is 6.07 Å². The van der Waals surface area contributed by atoms with Crippen LogP contribution in [0.5, 0.6) is 5.75 Å². The van der Waals surface area contributed by atoms with Crippen molar-refractivity contribution in [1.29, 1.82) is 0 Å². The van der Waals surface area contributed by atoms with Gasteiger partial charge in [-0.05, 0) is 38.8 Å². The second kappa shape index (κ2) is 7.01. The van der Waals surface area contributed by atoms with E-state index in [0.717, 1.165) is 18.4 Å². The molecule has 0 unspecified atom stereocenters.